The predicted molar refractivity (Wildman–Crippen MR) is 85.4 cm³/mol. The van der Waals surface area contributed by atoms with Crippen LogP contribution in [0.25, 0.3) is 0 Å². The molecule has 1 atom stereocenters. The van der Waals surface area contributed by atoms with E-state index >= 15 is 0 Å². The molecule has 1 aliphatic rings. The normalized spacial score (nSPS) is 17.3. The molecule has 1 N–H and O–H groups in total. The van der Waals surface area contributed by atoms with E-state index in [0.717, 1.165) is 11.4 Å². The molecule has 3 rings (SSSR count). The summed E-state index contributed by atoms with van der Waals surface area (Å²) >= 11 is 0. The van der Waals surface area contributed by atoms with E-state index in [1.807, 2.05) is 37.3 Å². The molecule has 0 radical (unpaired) electrons. The zero-order valence-corrected chi connectivity index (χ0v) is 12.9. The van der Waals surface area contributed by atoms with Crippen molar-refractivity contribution in [2.75, 3.05) is 11.9 Å². The van der Waals surface area contributed by atoms with Crippen LogP contribution in [0.1, 0.15) is 17.8 Å². The maximum atomic E-state index is 12.3. The maximum Gasteiger partial charge on any atom is 0.230 e. The minimum Gasteiger partial charge on any atom is -0.336 e. The lowest BCUT2D eigenvalue weighted by atomic mass is 10.1. The summed E-state index contributed by atoms with van der Waals surface area (Å²) in [4.78, 5) is 34.6. The van der Waals surface area contributed by atoms with Gasteiger partial charge in [0.25, 0.3) is 0 Å². The minimum atomic E-state index is -0.353. The third kappa shape index (κ3) is 3.71. The third-order valence-electron chi connectivity index (χ3n) is 3.80. The number of aromatic nitrogens is 2. The van der Waals surface area contributed by atoms with Crippen molar-refractivity contribution < 1.29 is 9.59 Å². The Bertz CT molecular complexity index is 718. The van der Waals surface area contributed by atoms with Crippen LogP contribution in [-0.2, 0) is 16.1 Å². The summed E-state index contributed by atoms with van der Waals surface area (Å²) in [5.41, 5.74) is 1.66. The smallest absolute Gasteiger partial charge is 0.230 e. The molecule has 1 aliphatic heterocycles. The lowest BCUT2D eigenvalue weighted by Crippen LogP contribution is -2.28. The van der Waals surface area contributed by atoms with Gasteiger partial charge in [0.05, 0.1) is 18.2 Å². The first-order chi connectivity index (χ1) is 11.1. The maximum absolute atomic E-state index is 12.3. The number of anilines is 1. The summed E-state index contributed by atoms with van der Waals surface area (Å²) in [5, 5.41) is 2.79. The molecule has 1 fully saturated rings. The number of amides is 2. The SMILES string of the molecule is Cc1cccc(NC(=O)C2CC(=O)N(Cc3ccccn3)C2)n1. The lowest BCUT2D eigenvalue weighted by molar-refractivity contribution is -0.128. The standard InChI is InChI=1S/C17H18N4O2/c1-12-5-4-7-15(19-12)20-17(23)13-9-16(22)21(10-13)11-14-6-2-3-8-18-14/h2-8,13H,9-11H2,1H3,(H,19,20,23). The van der Waals surface area contributed by atoms with Crippen LogP contribution in [0.3, 0.4) is 0 Å². The van der Waals surface area contributed by atoms with Gasteiger partial charge in [-0.2, -0.15) is 0 Å². The van der Waals surface area contributed by atoms with Crippen LogP contribution in [0, 0.1) is 12.8 Å². The quantitative estimate of drug-likeness (QED) is 0.934. The average molecular weight is 310 g/mol. The monoisotopic (exact) mass is 310 g/mol. The third-order valence-corrected chi connectivity index (χ3v) is 3.80. The lowest BCUT2D eigenvalue weighted by Gasteiger charge is -2.16. The predicted octanol–water partition coefficient (Wildman–Crippen LogP) is 1.77. The second kappa shape index (κ2) is 6.56. The molecule has 1 unspecified atom stereocenters. The van der Waals surface area contributed by atoms with Gasteiger partial charge in [-0.15, -0.1) is 0 Å². The topological polar surface area (TPSA) is 75.2 Å². The van der Waals surface area contributed by atoms with Gasteiger partial charge in [-0.25, -0.2) is 4.98 Å². The molecule has 6 nitrogen and oxygen atoms in total. The summed E-state index contributed by atoms with van der Waals surface area (Å²) in [7, 11) is 0. The van der Waals surface area contributed by atoms with E-state index in [4.69, 9.17) is 0 Å². The number of likely N-dealkylation sites (tertiary alicyclic amines) is 1. The van der Waals surface area contributed by atoms with Gasteiger partial charge in [-0.3, -0.25) is 14.6 Å². The van der Waals surface area contributed by atoms with Gasteiger partial charge in [-0.1, -0.05) is 12.1 Å². The van der Waals surface area contributed by atoms with Crippen LogP contribution in [0.5, 0.6) is 0 Å². The molecule has 2 amide bonds. The first-order valence-corrected chi connectivity index (χ1v) is 7.54. The molecular weight excluding hydrogens is 292 g/mol. The Balaban J connectivity index is 1.61. The van der Waals surface area contributed by atoms with Crippen LogP contribution in [0.2, 0.25) is 0 Å². The van der Waals surface area contributed by atoms with Crippen molar-refractivity contribution in [3.63, 3.8) is 0 Å². The van der Waals surface area contributed by atoms with E-state index in [-0.39, 0.29) is 24.2 Å². The highest BCUT2D eigenvalue weighted by atomic mass is 16.2. The van der Waals surface area contributed by atoms with Crippen LogP contribution < -0.4 is 5.32 Å². The summed E-state index contributed by atoms with van der Waals surface area (Å²) < 4.78 is 0. The molecule has 0 bridgehead atoms. The number of hydrogen-bond donors (Lipinski definition) is 1. The largest absolute Gasteiger partial charge is 0.336 e. The summed E-state index contributed by atoms with van der Waals surface area (Å²) in [5.74, 6) is -0.0212. The molecule has 0 spiro atoms. The van der Waals surface area contributed by atoms with Gasteiger partial charge in [-0.05, 0) is 31.2 Å². The highest BCUT2D eigenvalue weighted by molar-refractivity contribution is 5.96. The molecule has 23 heavy (non-hydrogen) atoms. The van der Waals surface area contributed by atoms with Crippen molar-refractivity contribution in [3.05, 3.63) is 54.0 Å². The van der Waals surface area contributed by atoms with Gasteiger partial charge >= 0.3 is 0 Å². The van der Waals surface area contributed by atoms with Crippen molar-refractivity contribution in [1.82, 2.24) is 14.9 Å². The molecular formula is C17H18N4O2. The molecule has 2 aromatic rings. The Morgan fingerprint density at radius 1 is 1.30 bits per heavy atom. The zero-order chi connectivity index (χ0) is 16.2. The number of rotatable bonds is 4. The molecule has 3 heterocycles. The molecule has 6 heteroatoms. The Morgan fingerprint density at radius 2 is 2.17 bits per heavy atom. The molecule has 1 saturated heterocycles. The fourth-order valence-corrected chi connectivity index (χ4v) is 2.63. The first-order valence-electron chi connectivity index (χ1n) is 7.54. The van der Waals surface area contributed by atoms with E-state index in [1.165, 1.54) is 0 Å². The second-order valence-corrected chi connectivity index (χ2v) is 5.65. The number of nitrogens with one attached hydrogen (secondary N) is 1. The highest BCUT2D eigenvalue weighted by Crippen LogP contribution is 2.21. The van der Waals surface area contributed by atoms with Gasteiger partial charge in [0.2, 0.25) is 11.8 Å². The number of pyridine rings is 2. The Kier molecular flexibility index (Phi) is 4.32. The van der Waals surface area contributed by atoms with E-state index in [9.17, 15) is 9.59 Å². The number of carbonyl (C=O) groups is 2. The zero-order valence-electron chi connectivity index (χ0n) is 12.9. The van der Waals surface area contributed by atoms with E-state index < -0.39 is 0 Å². The van der Waals surface area contributed by atoms with Crippen molar-refractivity contribution in [2.24, 2.45) is 5.92 Å². The average Bonchev–Trinajstić information content (AvgIpc) is 2.89. The van der Waals surface area contributed by atoms with Gasteiger partial charge < -0.3 is 10.2 Å². The molecule has 0 saturated carbocycles. The van der Waals surface area contributed by atoms with Gasteiger partial charge in [0.1, 0.15) is 5.82 Å². The van der Waals surface area contributed by atoms with Crippen molar-refractivity contribution in [1.29, 1.82) is 0 Å². The van der Waals surface area contributed by atoms with Crippen LogP contribution >= 0.6 is 0 Å². The number of aryl methyl sites for hydroxylation is 1. The van der Waals surface area contributed by atoms with Gasteiger partial charge in [0, 0.05) is 24.9 Å². The Labute approximate surface area is 134 Å². The number of carbonyl (C=O) groups excluding carboxylic acids is 2. The number of hydrogen-bond acceptors (Lipinski definition) is 4. The van der Waals surface area contributed by atoms with Crippen LogP contribution in [0.4, 0.5) is 5.82 Å². The minimum absolute atomic E-state index is 0.0204. The fourth-order valence-electron chi connectivity index (χ4n) is 2.63. The van der Waals surface area contributed by atoms with E-state index in [2.05, 4.69) is 15.3 Å². The van der Waals surface area contributed by atoms with Gasteiger partial charge in [0.15, 0.2) is 0 Å². The molecule has 0 aromatic carbocycles. The van der Waals surface area contributed by atoms with Crippen molar-refractivity contribution in [2.45, 2.75) is 19.9 Å². The Morgan fingerprint density at radius 3 is 2.91 bits per heavy atom. The summed E-state index contributed by atoms with van der Waals surface area (Å²) in [6, 6.07) is 11.0. The van der Waals surface area contributed by atoms with Crippen molar-refractivity contribution in [3.8, 4) is 0 Å². The summed E-state index contributed by atoms with van der Waals surface area (Å²) in [6.07, 6.45) is 1.92. The molecule has 0 aliphatic carbocycles. The fraction of sp³-hybridized carbons (Fsp3) is 0.294. The van der Waals surface area contributed by atoms with E-state index in [1.54, 1.807) is 17.2 Å². The highest BCUT2D eigenvalue weighted by Gasteiger charge is 2.34. The van der Waals surface area contributed by atoms with Crippen molar-refractivity contribution >= 4 is 17.6 Å². The van der Waals surface area contributed by atoms with Crippen LogP contribution in [-0.4, -0.2) is 33.2 Å². The number of nitrogens with zero attached hydrogens (tertiary/aromatic N) is 3. The van der Waals surface area contributed by atoms with Crippen LogP contribution in [0.15, 0.2) is 42.6 Å². The second-order valence-electron chi connectivity index (χ2n) is 5.65. The first kappa shape index (κ1) is 15.1. The molecule has 2 aromatic heterocycles. The molecule has 118 valence electrons. The summed E-state index contributed by atoms with van der Waals surface area (Å²) in [6.45, 7) is 2.71. The van der Waals surface area contributed by atoms with E-state index in [0.29, 0.717) is 18.9 Å². The Hall–Kier alpha value is -2.76.